The first-order chi connectivity index (χ1) is 18.8. The number of hydrogen-bond donors (Lipinski definition) is 2. The number of nitrogen functional groups attached to an aromatic ring is 1. The number of fused-ring (bicyclic) bond motifs is 2. The van der Waals surface area contributed by atoms with Crippen LogP contribution in [0.3, 0.4) is 0 Å². The van der Waals surface area contributed by atoms with Crippen molar-refractivity contribution in [1.82, 2.24) is 24.7 Å². The highest BCUT2D eigenvalue weighted by atomic mass is 19.4. The molecule has 212 valence electrons. The molecule has 1 aliphatic heterocycles. The molecule has 5 rings (SSSR count). The quantitative estimate of drug-likeness (QED) is 0.262. The lowest BCUT2D eigenvalue weighted by atomic mass is 10.0. The van der Waals surface area contributed by atoms with Crippen LogP contribution in [0.5, 0.6) is 0 Å². The second-order valence-electron chi connectivity index (χ2n) is 9.82. The molecule has 9 nitrogen and oxygen atoms in total. The van der Waals surface area contributed by atoms with Gasteiger partial charge in [0.05, 0.1) is 40.7 Å². The molecule has 4 aromatic rings. The van der Waals surface area contributed by atoms with Gasteiger partial charge < -0.3 is 15.0 Å². The lowest BCUT2D eigenvalue weighted by Gasteiger charge is -2.17. The van der Waals surface area contributed by atoms with Crippen LogP contribution in [0.2, 0.25) is 0 Å². The number of pyridine rings is 1. The standard InChI is InChI=1S/C22H24FN3O2.C5H4F3N3O/c1-4-5-6-8-26-9-7-14-10-16(18(23)11-15(14)21(26)27)20-24-12-17-19(25-20)13-28-22(17,2)3;6-5(7,8)3-2(9)1-10-11-4(3)12/h7,9-12H,4-6,8,13H2,1-3H3;1H,(H3,9,11,12). The Morgan fingerprint density at radius 3 is 2.58 bits per heavy atom. The summed E-state index contributed by atoms with van der Waals surface area (Å²) in [5, 5.41) is 5.81. The van der Waals surface area contributed by atoms with Crippen LogP contribution in [-0.2, 0) is 29.7 Å². The first-order valence-electron chi connectivity index (χ1n) is 12.6. The minimum Gasteiger partial charge on any atom is -0.397 e. The molecule has 0 spiro atoms. The number of nitrogens with zero attached hydrogens (tertiary/aromatic N) is 4. The molecule has 13 heteroatoms. The van der Waals surface area contributed by atoms with Crippen molar-refractivity contribution in [2.75, 3.05) is 5.73 Å². The number of aromatic amines is 1. The minimum absolute atomic E-state index is 0.163. The van der Waals surface area contributed by atoms with Gasteiger partial charge in [-0.1, -0.05) is 19.8 Å². The van der Waals surface area contributed by atoms with E-state index in [9.17, 15) is 27.2 Å². The van der Waals surface area contributed by atoms with E-state index in [1.54, 1.807) is 28.1 Å². The molecule has 1 aliphatic rings. The molecule has 0 radical (unpaired) electrons. The highest BCUT2D eigenvalue weighted by molar-refractivity contribution is 5.86. The molecular weight excluding hydrogens is 532 g/mol. The monoisotopic (exact) mass is 560 g/mol. The Morgan fingerprint density at radius 2 is 1.93 bits per heavy atom. The third-order valence-electron chi connectivity index (χ3n) is 6.56. The van der Waals surface area contributed by atoms with Crippen LogP contribution in [0.25, 0.3) is 22.2 Å². The Labute approximate surface area is 226 Å². The molecule has 0 saturated heterocycles. The van der Waals surface area contributed by atoms with Gasteiger partial charge in [-0.15, -0.1) is 0 Å². The number of ether oxygens (including phenoxy) is 1. The van der Waals surface area contributed by atoms with Gasteiger partial charge in [-0.25, -0.2) is 19.5 Å². The number of anilines is 1. The summed E-state index contributed by atoms with van der Waals surface area (Å²) in [7, 11) is 0. The van der Waals surface area contributed by atoms with Gasteiger partial charge in [-0.3, -0.25) is 9.59 Å². The number of aromatic nitrogens is 5. The maximum Gasteiger partial charge on any atom is 0.423 e. The Morgan fingerprint density at radius 1 is 1.18 bits per heavy atom. The summed E-state index contributed by atoms with van der Waals surface area (Å²) in [6.07, 6.45) is 2.58. The molecule has 0 aliphatic carbocycles. The van der Waals surface area contributed by atoms with Crippen molar-refractivity contribution in [3.05, 3.63) is 80.1 Å². The number of alkyl halides is 3. The average molecular weight is 561 g/mol. The second-order valence-corrected chi connectivity index (χ2v) is 9.82. The molecule has 3 N–H and O–H groups in total. The maximum absolute atomic E-state index is 14.9. The molecule has 4 heterocycles. The predicted octanol–water partition coefficient (Wildman–Crippen LogP) is 4.92. The van der Waals surface area contributed by atoms with Gasteiger partial charge in [0.1, 0.15) is 11.4 Å². The Kier molecular flexibility index (Phi) is 8.05. The number of unbranched alkanes of at least 4 members (excludes halogenated alkanes) is 2. The first-order valence-corrected chi connectivity index (χ1v) is 12.6. The molecule has 3 aromatic heterocycles. The van der Waals surface area contributed by atoms with E-state index in [0.29, 0.717) is 35.3 Å². The molecule has 0 atom stereocenters. The van der Waals surface area contributed by atoms with Gasteiger partial charge in [-0.2, -0.15) is 18.3 Å². The first kappa shape index (κ1) is 28.9. The van der Waals surface area contributed by atoms with E-state index >= 15 is 0 Å². The van der Waals surface area contributed by atoms with Crippen LogP contribution in [0, 0.1) is 5.82 Å². The molecule has 0 bridgehead atoms. The number of benzene rings is 1. The zero-order chi connectivity index (χ0) is 29.2. The lowest BCUT2D eigenvalue weighted by Crippen LogP contribution is -2.24. The fourth-order valence-corrected chi connectivity index (χ4v) is 4.38. The SMILES string of the molecule is CCCCCn1ccc2cc(-c3ncc4c(n3)COC4(C)C)c(F)cc2c1=O.Nc1cn[nH]c(=O)c1C(F)(F)F. The van der Waals surface area contributed by atoms with E-state index in [2.05, 4.69) is 22.0 Å². The van der Waals surface area contributed by atoms with Crippen LogP contribution < -0.4 is 16.9 Å². The average Bonchev–Trinajstić information content (AvgIpc) is 3.19. The van der Waals surface area contributed by atoms with Gasteiger partial charge >= 0.3 is 6.18 Å². The van der Waals surface area contributed by atoms with Crippen LogP contribution in [0.1, 0.15) is 56.9 Å². The van der Waals surface area contributed by atoms with Gasteiger partial charge in [0.2, 0.25) is 0 Å². The normalized spacial score (nSPS) is 14.1. The van der Waals surface area contributed by atoms with Crippen molar-refractivity contribution in [3.63, 3.8) is 0 Å². The summed E-state index contributed by atoms with van der Waals surface area (Å²) in [4.78, 5) is 32.1. The Bertz CT molecular complexity index is 1660. The summed E-state index contributed by atoms with van der Waals surface area (Å²) in [5.74, 6) is -0.180. The summed E-state index contributed by atoms with van der Waals surface area (Å²) in [6.45, 7) is 7.08. The Balaban J connectivity index is 0.000000259. The zero-order valence-corrected chi connectivity index (χ0v) is 22.1. The van der Waals surface area contributed by atoms with E-state index in [-0.39, 0.29) is 5.56 Å². The third-order valence-corrected chi connectivity index (χ3v) is 6.56. The van der Waals surface area contributed by atoms with E-state index in [1.807, 2.05) is 19.9 Å². The zero-order valence-electron chi connectivity index (χ0n) is 22.1. The molecule has 0 unspecified atom stereocenters. The van der Waals surface area contributed by atoms with E-state index < -0.39 is 34.4 Å². The number of H-pyrrole nitrogens is 1. The van der Waals surface area contributed by atoms with Crippen LogP contribution in [0.15, 0.2) is 46.4 Å². The van der Waals surface area contributed by atoms with Crippen LogP contribution in [0.4, 0.5) is 23.2 Å². The summed E-state index contributed by atoms with van der Waals surface area (Å²) in [6, 6.07) is 4.82. The molecule has 0 saturated carbocycles. The topological polar surface area (TPSA) is 129 Å². The lowest BCUT2D eigenvalue weighted by molar-refractivity contribution is -0.138. The summed E-state index contributed by atoms with van der Waals surface area (Å²) in [5.41, 5.74) is 2.90. The smallest absolute Gasteiger partial charge is 0.397 e. The fraction of sp³-hybridized carbons (Fsp3) is 0.370. The second kappa shape index (κ2) is 11.2. The van der Waals surface area contributed by atoms with Gasteiger partial charge in [-0.05, 0) is 43.9 Å². The van der Waals surface area contributed by atoms with Crippen molar-refractivity contribution in [3.8, 4) is 11.4 Å². The highest BCUT2D eigenvalue weighted by Crippen LogP contribution is 2.35. The number of nitrogens with two attached hydrogens (primary N) is 1. The highest BCUT2D eigenvalue weighted by Gasteiger charge is 2.36. The van der Waals surface area contributed by atoms with Crippen LogP contribution in [-0.4, -0.2) is 24.7 Å². The van der Waals surface area contributed by atoms with Crippen molar-refractivity contribution in [2.24, 2.45) is 0 Å². The van der Waals surface area contributed by atoms with Crippen molar-refractivity contribution >= 4 is 16.5 Å². The number of hydrogen-bond acceptors (Lipinski definition) is 7. The van der Waals surface area contributed by atoms with Gasteiger partial charge in [0, 0.05) is 24.5 Å². The largest absolute Gasteiger partial charge is 0.423 e. The molecule has 40 heavy (non-hydrogen) atoms. The van der Waals surface area contributed by atoms with Gasteiger partial charge in [0.15, 0.2) is 5.82 Å². The van der Waals surface area contributed by atoms with E-state index in [4.69, 9.17) is 10.5 Å². The number of nitrogens with one attached hydrogen (secondary N) is 1. The van der Waals surface area contributed by atoms with Crippen molar-refractivity contribution < 1.29 is 22.3 Å². The molecule has 0 fully saturated rings. The van der Waals surface area contributed by atoms with Crippen molar-refractivity contribution in [2.45, 2.75) is 65.0 Å². The predicted molar refractivity (Wildman–Crippen MR) is 141 cm³/mol. The Hall–Kier alpha value is -4.13. The fourth-order valence-electron chi connectivity index (χ4n) is 4.38. The van der Waals surface area contributed by atoms with Crippen molar-refractivity contribution in [1.29, 1.82) is 0 Å². The molecular formula is C27H28F4N6O3. The minimum atomic E-state index is -4.74. The summed E-state index contributed by atoms with van der Waals surface area (Å²) >= 11 is 0. The van der Waals surface area contributed by atoms with E-state index in [1.165, 1.54) is 6.07 Å². The number of rotatable bonds is 5. The van der Waals surface area contributed by atoms with E-state index in [0.717, 1.165) is 36.7 Å². The number of halogens is 4. The maximum atomic E-state index is 14.9. The van der Waals surface area contributed by atoms with Gasteiger partial charge in [0.25, 0.3) is 11.1 Å². The summed E-state index contributed by atoms with van der Waals surface area (Å²) < 4.78 is 58.2. The third kappa shape index (κ3) is 5.88. The molecule has 0 amide bonds. The van der Waals surface area contributed by atoms with Crippen LogP contribution >= 0.6 is 0 Å². The molecule has 1 aromatic carbocycles. The number of aryl methyl sites for hydroxylation is 1.